The lowest BCUT2D eigenvalue weighted by Crippen LogP contribution is -2.55. The molecule has 0 heterocycles. The molecule has 1 amide bonds. The molecule has 0 aliphatic carbocycles. The highest BCUT2D eigenvalue weighted by Crippen LogP contribution is 2.42. The molecule has 0 spiro atoms. The zero-order chi connectivity index (χ0) is 20.9. The van der Waals surface area contributed by atoms with Gasteiger partial charge in [0.25, 0.3) is 0 Å². The van der Waals surface area contributed by atoms with Gasteiger partial charge in [0.2, 0.25) is 5.91 Å². The predicted molar refractivity (Wildman–Crippen MR) is 117 cm³/mol. The fourth-order valence-corrected chi connectivity index (χ4v) is 3.87. The minimum Gasteiger partial charge on any atom is -0.480 e. The van der Waals surface area contributed by atoms with E-state index >= 15 is 0 Å². The van der Waals surface area contributed by atoms with Crippen LogP contribution in [-0.2, 0) is 15.1 Å². The predicted octanol–water partition coefficient (Wildman–Crippen LogP) is 4.21. The first-order valence-corrected chi connectivity index (χ1v) is 9.87. The molecule has 29 heavy (non-hydrogen) atoms. The molecular weight excluding hydrogens is 382 g/mol. The van der Waals surface area contributed by atoms with E-state index in [0.29, 0.717) is 0 Å². The van der Waals surface area contributed by atoms with Crippen LogP contribution in [0.4, 0.5) is 0 Å². The molecule has 3 aromatic rings. The highest BCUT2D eigenvalue weighted by atomic mass is 32.1. The van der Waals surface area contributed by atoms with Crippen LogP contribution >= 0.6 is 12.6 Å². The van der Waals surface area contributed by atoms with Gasteiger partial charge in [0.15, 0.2) is 0 Å². The molecule has 1 atom stereocenters. The highest BCUT2D eigenvalue weighted by Gasteiger charge is 2.46. The third kappa shape index (κ3) is 4.05. The Labute approximate surface area is 176 Å². The molecular formula is C24H23NO3S. The number of thiol groups is 1. The van der Waals surface area contributed by atoms with E-state index in [9.17, 15) is 14.7 Å². The number of aliphatic carboxylic acids is 1. The number of hydrogen-bond donors (Lipinski definition) is 2. The topological polar surface area (TPSA) is 57.6 Å². The molecule has 3 rings (SSSR count). The molecule has 0 unspecified atom stereocenters. The van der Waals surface area contributed by atoms with Crippen molar-refractivity contribution in [2.24, 2.45) is 0 Å². The van der Waals surface area contributed by atoms with E-state index in [1.165, 1.54) is 4.90 Å². The normalized spacial score (nSPS) is 12.2. The second-order valence-electron chi connectivity index (χ2n) is 6.80. The smallest absolute Gasteiger partial charge is 0.323 e. The Balaban J connectivity index is 2.44. The Morgan fingerprint density at radius 1 is 0.828 bits per heavy atom. The number of carboxylic acid groups (broad SMARTS) is 1. The summed E-state index contributed by atoms with van der Waals surface area (Å²) in [5, 5.41) is 9.04. The summed E-state index contributed by atoms with van der Waals surface area (Å²) < 4.78 is 0. The van der Waals surface area contributed by atoms with Crippen molar-refractivity contribution < 1.29 is 14.7 Å². The van der Waals surface area contributed by atoms with Gasteiger partial charge in [0, 0.05) is 0 Å². The zero-order valence-corrected chi connectivity index (χ0v) is 17.0. The Hall–Kier alpha value is -3.05. The molecule has 0 bridgehead atoms. The van der Waals surface area contributed by atoms with Crippen molar-refractivity contribution in [3.8, 4) is 0 Å². The number of amides is 1. The summed E-state index contributed by atoms with van der Waals surface area (Å²) in [6.45, 7) is 1.20. The fourth-order valence-electron chi connectivity index (χ4n) is 3.73. The molecule has 0 fully saturated rings. The standard InChI is InChI=1S/C24H23NO3S/c1-18(29)23(28)25(17-22(26)27)24(19-11-5-2-6-12-19,20-13-7-3-8-14-20)21-15-9-4-10-16-21/h2-16,18,29H,17H2,1H3,(H,26,27)/t18-/m0/s1. The van der Waals surface area contributed by atoms with Crippen LogP contribution in [0.25, 0.3) is 0 Å². The SMILES string of the molecule is C[C@H](S)C(=O)N(CC(=O)O)C(c1ccccc1)(c1ccccc1)c1ccccc1. The van der Waals surface area contributed by atoms with Crippen LogP contribution < -0.4 is 0 Å². The zero-order valence-electron chi connectivity index (χ0n) is 16.1. The van der Waals surface area contributed by atoms with Gasteiger partial charge in [0.1, 0.15) is 12.1 Å². The summed E-state index contributed by atoms with van der Waals surface area (Å²) in [6, 6.07) is 28.6. The van der Waals surface area contributed by atoms with E-state index in [1.807, 2.05) is 91.0 Å². The van der Waals surface area contributed by atoms with Crippen molar-refractivity contribution in [2.75, 3.05) is 6.54 Å². The third-order valence-electron chi connectivity index (χ3n) is 4.90. The first-order valence-electron chi connectivity index (χ1n) is 9.36. The molecule has 0 aliphatic rings. The molecule has 5 heteroatoms. The number of benzene rings is 3. The summed E-state index contributed by atoms with van der Waals surface area (Å²) in [5.74, 6) is -1.44. The van der Waals surface area contributed by atoms with Crippen LogP contribution in [0.1, 0.15) is 23.6 Å². The third-order valence-corrected chi connectivity index (χ3v) is 5.12. The summed E-state index contributed by atoms with van der Waals surface area (Å²) >= 11 is 4.34. The second-order valence-corrected chi connectivity index (χ2v) is 7.58. The van der Waals surface area contributed by atoms with E-state index in [1.54, 1.807) is 6.92 Å². The lowest BCUT2D eigenvalue weighted by molar-refractivity contribution is -0.147. The van der Waals surface area contributed by atoms with E-state index in [4.69, 9.17) is 0 Å². The maximum Gasteiger partial charge on any atom is 0.323 e. The van der Waals surface area contributed by atoms with E-state index < -0.39 is 23.3 Å². The van der Waals surface area contributed by atoms with Gasteiger partial charge in [-0.3, -0.25) is 9.59 Å². The van der Waals surface area contributed by atoms with Crippen molar-refractivity contribution in [1.29, 1.82) is 0 Å². The molecule has 148 valence electrons. The van der Waals surface area contributed by atoms with Gasteiger partial charge < -0.3 is 10.0 Å². The largest absolute Gasteiger partial charge is 0.480 e. The van der Waals surface area contributed by atoms with Crippen LogP contribution in [0.15, 0.2) is 91.0 Å². The lowest BCUT2D eigenvalue weighted by atomic mass is 9.75. The van der Waals surface area contributed by atoms with Crippen LogP contribution in [0.3, 0.4) is 0 Å². The average molecular weight is 406 g/mol. The van der Waals surface area contributed by atoms with E-state index in [-0.39, 0.29) is 5.91 Å². The molecule has 0 aromatic heterocycles. The fraction of sp³-hybridized carbons (Fsp3) is 0.167. The number of hydrogen-bond acceptors (Lipinski definition) is 3. The minimum atomic E-state index is -1.11. The molecule has 4 nitrogen and oxygen atoms in total. The maximum atomic E-state index is 13.3. The van der Waals surface area contributed by atoms with Crippen LogP contribution in [0.2, 0.25) is 0 Å². The molecule has 1 N–H and O–H groups in total. The van der Waals surface area contributed by atoms with Gasteiger partial charge in [-0.15, -0.1) is 0 Å². The van der Waals surface area contributed by atoms with Crippen molar-refractivity contribution >= 4 is 24.5 Å². The molecule has 0 radical (unpaired) electrons. The Bertz CT molecular complexity index is 863. The number of nitrogens with zero attached hydrogens (tertiary/aromatic N) is 1. The number of carbonyl (C=O) groups excluding carboxylic acids is 1. The van der Waals surface area contributed by atoms with Crippen LogP contribution in [0, 0.1) is 0 Å². The van der Waals surface area contributed by atoms with Gasteiger partial charge in [0.05, 0.1) is 5.25 Å². The Morgan fingerprint density at radius 2 is 1.17 bits per heavy atom. The monoisotopic (exact) mass is 405 g/mol. The molecule has 0 saturated heterocycles. The van der Waals surface area contributed by atoms with E-state index in [2.05, 4.69) is 12.6 Å². The van der Waals surface area contributed by atoms with Crippen molar-refractivity contribution in [3.63, 3.8) is 0 Å². The molecule has 3 aromatic carbocycles. The van der Waals surface area contributed by atoms with Gasteiger partial charge in [-0.2, -0.15) is 12.6 Å². The minimum absolute atomic E-state index is 0.354. The Morgan fingerprint density at radius 3 is 1.45 bits per heavy atom. The van der Waals surface area contributed by atoms with Crippen molar-refractivity contribution in [3.05, 3.63) is 108 Å². The van der Waals surface area contributed by atoms with Gasteiger partial charge >= 0.3 is 5.97 Å². The van der Waals surface area contributed by atoms with E-state index in [0.717, 1.165) is 16.7 Å². The quantitative estimate of drug-likeness (QED) is 0.457. The summed E-state index contributed by atoms with van der Waals surface area (Å²) in [6.07, 6.45) is 0. The van der Waals surface area contributed by atoms with Crippen molar-refractivity contribution in [1.82, 2.24) is 4.90 Å². The maximum absolute atomic E-state index is 13.3. The molecule has 0 aliphatic heterocycles. The number of carbonyl (C=O) groups is 2. The average Bonchev–Trinajstić information content (AvgIpc) is 2.75. The van der Waals surface area contributed by atoms with Gasteiger partial charge in [-0.05, 0) is 23.6 Å². The molecule has 0 saturated carbocycles. The lowest BCUT2D eigenvalue weighted by Gasteiger charge is -2.45. The number of carboxylic acids is 1. The highest BCUT2D eigenvalue weighted by molar-refractivity contribution is 7.81. The summed E-state index contributed by atoms with van der Waals surface area (Å²) in [5.41, 5.74) is 1.30. The van der Waals surface area contributed by atoms with Crippen LogP contribution in [0.5, 0.6) is 0 Å². The Kier molecular flexibility index (Phi) is 6.39. The number of rotatable bonds is 7. The van der Waals surface area contributed by atoms with Gasteiger partial charge in [-0.1, -0.05) is 91.0 Å². The van der Waals surface area contributed by atoms with Crippen LogP contribution in [-0.4, -0.2) is 33.7 Å². The van der Waals surface area contributed by atoms with Gasteiger partial charge in [-0.25, -0.2) is 0 Å². The first kappa shape index (κ1) is 20.7. The first-order chi connectivity index (χ1) is 14.0. The summed E-state index contributed by atoms with van der Waals surface area (Å²) in [4.78, 5) is 26.6. The van der Waals surface area contributed by atoms with Crippen molar-refractivity contribution in [2.45, 2.75) is 17.7 Å². The summed E-state index contributed by atoms with van der Waals surface area (Å²) in [7, 11) is 0. The second kappa shape index (κ2) is 8.97.